The van der Waals surface area contributed by atoms with Gasteiger partial charge >= 0.3 is 0 Å². The Morgan fingerprint density at radius 1 is 1.16 bits per heavy atom. The maximum absolute atomic E-state index is 14.0. The highest BCUT2D eigenvalue weighted by Gasteiger charge is 2.19. The summed E-state index contributed by atoms with van der Waals surface area (Å²) in [6.45, 7) is 0.630. The number of sulfonamides is 1. The van der Waals surface area contributed by atoms with Crippen molar-refractivity contribution >= 4 is 15.7 Å². The fraction of sp³-hybridized carbons (Fsp3) is 0.294. The van der Waals surface area contributed by atoms with Gasteiger partial charge in [-0.15, -0.1) is 0 Å². The standard InChI is InChI=1S/C17H20F2N2O3S/c1-21(10-12-6-4-3-5-7-12)11-17(22)13-8-16(20-25(2,23)24)15(19)9-14(13)18/h3-9,17,20,22H,10-11H2,1-2H3. The molecule has 0 saturated carbocycles. The molecule has 0 radical (unpaired) electrons. The third kappa shape index (κ3) is 5.77. The molecule has 0 aromatic heterocycles. The lowest BCUT2D eigenvalue weighted by molar-refractivity contribution is 0.120. The van der Waals surface area contributed by atoms with Crippen molar-refractivity contribution in [3.8, 4) is 0 Å². The number of aliphatic hydroxyl groups excluding tert-OH is 1. The van der Waals surface area contributed by atoms with Crippen molar-refractivity contribution in [3.05, 3.63) is 65.2 Å². The highest BCUT2D eigenvalue weighted by atomic mass is 32.2. The predicted octanol–water partition coefficient (Wildman–Crippen LogP) is 2.50. The minimum absolute atomic E-state index is 0.0930. The fourth-order valence-electron chi connectivity index (χ4n) is 2.45. The summed E-state index contributed by atoms with van der Waals surface area (Å²) in [7, 11) is -1.97. The second-order valence-electron chi connectivity index (χ2n) is 5.93. The first-order valence-corrected chi connectivity index (χ1v) is 9.42. The van der Waals surface area contributed by atoms with Crippen molar-refractivity contribution in [3.63, 3.8) is 0 Å². The summed E-state index contributed by atoms with van der Waals surface area (Å²) < 4.78 is 52.2. The van der Waals surface area contributed by atoms with Crippen LogP contribution in [0.15, 0.2) is 42.5 Å². The second-order valence-corrected chi connectivity index (χ2v) is 7.67. The summed E-state index contributed by atoms with van der Waals surface area (Å²) in [5.41, 5.74) is 0.451. The molecule has 2 rings (SSSR count). The molecular formula is C17H20F2N2O3S. The lowest BCUT2D eigenvalue weighted by Crippen LogP contribution is -2.25. The molecule has 0 aliphatic heterocycles. The molecule has 0 aliphatic carbocycles. The highest BCUT2D eigenvalue weighted by molar-refractivity contribution is 7.92. The molecule has 8 heteroatoms. The molecular weight excluding hydrogens is 350 g/mol. The summed E-state index contributed by atoms with van der Waals surface area (Å²) in [5.74, 6) is -1.98. The van der Waals surface area contributed by atoms with Gasteiger partial charge in [-0.2, -0.15) is 0 Å². The van der Waals surface area contributed by atoms with Gasteiger partial charge in [-0.05, 0) is 18.7 Å². The largest absolute Gasteiger partial charge is 0.387 e. The Hall–Kier alpha value is -2.03. The smallest absolute Gasteiger partial charge is 0.229 e. The van der Waals surface area contributed by atoms with Crippen molar-refractivity contribution in [1.29, 1.82) is 0 Å². The van der Waals surface area contributed by atoms with Gasteiger partial charge in [-0.1, -0.05) is 30.3 Å². The maximum Gasteiger partial charge on any atom is 0.229 e. The average molecular weight is 370 g/mol. The van der Waals surface area contributed by atoms with Crippen LogP contribution in [0, 0.1) is 11.6 Å². The second kappa shape index (κ2) is 7.90. The first kappa shape index (κ1) is 19.3. The Morgan fingerprint density at radius 3 is 2.40 bits per heavy atom. The van der Waals surface area contributed by atoms with Crippen molar-refractivity contribution < 1.29 is 22.3 Å². The summed E-state index contributed by atoms with van der Waals surface area (Å²) in [6.07, 6.45) is -0.381. The Morgan fingerprint density at radius 2 is 1.80 bits per heavy atom. The van der Waals surface area contributed by atoms with Gasteiger partial charge in [0.05, 0.1) is 18.0 Å². The van der Waals surface area contributed by atoms with Crippen LogP contribution in [0.4, 0.5) is 14.5 Å². The van der Waals surface area contributed by atoms with E-state index in [0.717, 1.165) is 17.9 Å². The number of benzene rings is 2. The van der Waals surface area contributed by atoms with E-state index >= 15 is 0 Å². The van der Waals surface area contributed by atoms with E-state index in [4.69, 9.17) is 0 Å². The fourth-order valence-corrected chi connectivity index (χ4v) is 3.01. The maximum atomic E-state index is 14.0. The summed E-state index contributed by atoms with van der Waals surface area (Å²) in [4.78, 5) is 1.78. The zero-order valence-electron chi connectivity index (χ0n) is 13.9. The zero-order valence-corrected chi connectivity index (χ0v) is 14.7. The molecule has 5 nitrogen and oxygen atoms in total. The van der Waals surface area contributed by atoms with E-state index in [1.54, 1.807) is 11.9 Å². The molecule has 0 heterocycles. The number of hydrogen-bond acceptors (Lipinski definition) is 4. The number of halogens is 2. The van der Waals surface area contributed by atoms with Crippen molar-refractivity contribution in [1.82, 2.24) is 4.90 Å². The summed E-state index contributed by atoms with van der Waals surface area (Å²) >= 11 is 0. The molecule has 0 fully saturated rings. The van der Waals surface area contributed by atoms with Crippen LogP contribution in [0.2, 0.25) is 0 Å². The van der Waals surface area contributed by atoms with Gasteiger partial charge in [0, 0.05) is 24.7 Å². The number of hydrogen-bond donors (Lipinski definition) is 2. The van der Waals surface area contributed by atoms with E-state index in [1.165, 1.54) is 0 Å². The van der Waals surface area contributed by atoms with Crippen LogP contribution in [0.3, 0.4) is 0 Å². The summed E-state index contributed by atoms with van der Waals surface area (Å²) in [5, 5.41) is 10.3. The van der Waals surface area contributed by atoms with Gasteiger partial charge in [0.1, 0.15) is 11.6 Å². The van der Waals surface area contributed by atoms with Crippen LogP contribution in [-0.4, -0.2) is 38.3 Å². The van der Waals surface area contributed by atoms with Crippen LogP contribution in [-0.2, 0) is 16.6 Å². The number of nitrogens with one attached hydrogen (secondary N) is 1. The van der Waals surface area contributed by atoms with Crippen LogP contribution in [0.1, 0.15) is 17.2 Å². The number of aliphatic hydroxyl groups is 1. The van der Waals surface area contributed by atoms with Crippen molar-refractivity contribution in [2.75, 3.05) is 24.6 Å². The normalized spacial score (nSPS) is 13.0. The summed E-state index contributed by atoms with van der Waals surface area (Å²) in [6, 6.07) is 11.1. The molecule has 0 saturated heterocycles. The van der Waals surface area contributed by atoms with Gasteiger partial charge in [0.2, 0.25) is 10.0 Å². The van der Waals surface area contributed by atoms with Gasteiger partial charge in [-0.3, -0.25) is 9.62 Å². The molecule has 1 unspecified atom stereocenters. The third-order valence-corrected chi connectivity index (χ3v) is 4.11. The van der Waals surface area contributed by atoms with Gasteiger partial charge in [0.15, 0.2) is 0 Å². The molecule has 0 bridgehead atoms. The van der Waals surface area contributed by atoms with Crippen molar-refractivity contribution in [2.24, 2.45) is 0 Å². The van der Waals surface area contributed by atoms with E-state index in [-0.39, 0.29) is 12.1 Å². The molecule has 136 valence electrons. The third-order valence-electron chi connectivity index (χ3n) is 3.52. The lowest BCUT2D eigenvalue weighted by atomic mass is 10.1. The zero-order chi connectivity index (χ0) is 18.6. The first-order valence-electron chi connectivity index (χ1n) is 7.53. The number of rotatable bonds is 7. The van der Waals surface area contributed by atoms with Crippen molar-refractivity contribution in [2.45, 2.75) is 12.6 Å². The number of nitrogens with zero attached hydrogens (tertiary/aromatic N) is 1. The van der Waals surface area contributed by atoms with E-state index in [1.807, 2.05) is 35.1 Å². The quantitative estimate of drug-likeness (QED) is 0.786. The van der Waals surface area contributed by atoms with Crippen LogP contribution >= 0.6 is 0 Å². The Bertz CT molecular complexity index is 829. The topological polar surface area (TPSA) is 69.6 Å². The van der Waals surface area contributed by atoms with Gasteiger partial charge < -0.3 is 5.11 Å². The number of anilines is 1. The monoisotopic (exact) mass is 370 g/mol. The van der Waals surface area contributed by atoms with Crippen LogP contribution < -0.4 is 4.72 Å². The molecule has 0 aliphatic rings. The average Bonchev–Trinajstić information content (AvgIpc) is 2.49. The molecule has 2 aromatic rings. The highest BCUT2D eigenvalue weighted by Crippen LogP contribution is 2.25. The first-order chi connectivity index (χ1) is 11.7. The molecule has 0 spiro atoms. The van der Waals surface area contributed by atoms with Crippen LogP contribution in [0.25, 0.3) is 0 Å². The van der Waals surface area contributed by atoms with E-state index in [9.17, 15) is 22.3 Å². The molecule has 0 amide bonds. The molecule has 25 heavy (non-hydrogen) atoms. The SMILES string of the molecule is CN(Cc1ccccc1)CC(O)c1cc(NS(C)(=O)=O)c(F)cc1F. The molecule has 2 N–H and O–H groups in total. The lowest BCUT2D eigenvalue weighted by Gasteiger charge is -2.22. The van der Waals surface area contributed by atoms with Gasteiger partial charge in [0.25, 0.3) is 0 Å². The number of likely N-dealkylation sites (N-methyl/N-ethyl adjacent to an activating group) is 1. The predicted molar refractivity (Wildman–Crippen MR) is 92.6 cm³/mol. The van der Waals surface area contributed by atoms with E-state index in [0.29, 0.717) is 12.6 Å². The Labute approximate surface area is 146 Å². The molecule has 1 atom stereocenters. The minimum Gasteiger partial charge on any atom is -0.387 e. The Balaban J connectivity index is 2.15. The molecule has 2 aromatic carbocycles. The van der Waals surface area contributed by atoms with Gasteiger partial charge in [-0.25, -0.2) is 17.2 Å². The minimum atomic E-state index is -3.72. The van der Waals surface area contributed by atoms with Crippen LogP contribution in [0.5, 0.6) is 0 Å². The Kier molecular flexibility index (Phi) is 6.10. The van der Waals surface area contributed by atoms with E-state index < -0.39 is 33.4 Å². The van der Waals surface area contributed by atoms with E-state index in [2.05, 4.69) is 0 Å².